The highest BCUT2D eigenvalue weighted by atomic mass is 16.5. The summed E-state index contributed by atoms with van der Waals surface area (Å²) in [5.74, 6) is -0.985. The highest BCUT2D eigenvalue weighted by Gasteiger charge is 2.34. The van der Waals surface area contributed by atoms with Crippen molar-refractivity contribution in [2.24, 2.45) is 5.11 Å². The molecular formula is C24H25N7O4. The number of hydrogen-bond donors (Lipinski definition) is 1. The maximum Gasteiger partial charge on any atom is 0.295 e. The van der Waals surface area contributed by atoms with Crippen LogP contribution in [0.4, 0.5) is 0 Å². The number of ketones is 1. The van der Waals surface area contributed by atoms with E-state index in [0.717, 1.165) is 0 Å². The van der Waals surface area contributed by atoms with E-state index >= 15 is 0 Å². The number of amides is 2. The SMILES string of the molecule is C[C@@H]1CN(C(=O)c2ccccc2)CCN1C(=O)C(=O)c1c[nH]c2nccc(OCCCN=[N+]=[N-])c12. The van der Waals surface area contributed by atoms with Gasteiger partial charge in [0.2, 0.25) is 0 Å². The summed E-state index contributed by atoms with van der Waals surface area (Å²) in [7, 11) is 0. The van der Waals surface area contributed by atoms with Crippen molar-refractivity contribution in [3.63, 3.8) is 0 Å². The predicted molar refractivity (Wildman–Crippen MR) is 128 cm³/mol. The van der Waals surface area contributed by atoms with Crippen LogP contribution in [0.2, 0.25) is 0 Å². The van der Waals surface area contributed by atoms with Gasteiger partial charge < -0.3 is 19.5 Å². The third kappa shape index (κ3) is 5.10. The number of ether oxygens (including phenoxy) is 1. The second-order valence-corrected chi connectivity index (χ2v) is 8.19. The summed E-state index contributed by atoms with van der Waals surface area (Å²) in [5, 5.41) is 3.90. The lowest BCUT2D eigenvalue weighted by Gasteiger charge is -2.39. The van der Waals surface area contributed by atoms with Gasteiger partial charge in [-0.2, -0.15) is 0 Å². The molecule has 1 atom stereocenters. The predicted octanol–water partition coefficient (Wildman–Crippen LogP) is 3.20. The van der Waals surface area contributed by atoms with Crippen molar-refractivity contribution in [1.82, 2.24) is 19.8 Å². The summed E-state index contributed by atoms with van der Waals surface area (Å²) >= 11 is 0. The lowest BCUT2D eigenvalue weighted by molar-refractivity contribution is -0.130. The molecule has 11 nitrogen and oxygen atoms in total. The van der Waals surface area contributed by atoms with Crippen molar-refractivity contribution in [3.8, 4) is 5.75 Å². The Kier molecular flexibility index (Phi) is 7.27. The molecule has 0 radical (unpaired) electrons. The zero-order chi connectivity index (χ0) is 24.8. The monoisotopic (exact) mass is 475 g/mol. The molecule has 1 aliphatic heterocycles. The number of Topliss-reactive ketones (excluding diaryl/α,β-unsaturated/α-hetero) is 1. The van der Waals surface area contributed by atoms with E-state index < -0.39 is 11.7 Å². The smallest absolute Gasteiger partial charge is 0.295 e. The summed E-state index contributed by atoms with van der Waals surface area (Å²) in [5.41, 5.74) is 9.58. The number of nitrogens with zero attached hydrogens (tertiary/aromatic N) is 6. The van der Waals surface area contributed by atoms with Crippen LogP contribution in [0, 0.1) is 0 Å². The molecule has 0 bridgehead atoms. The molecule has 0 spiro atoms. The van der Waals surface area contributed by atoms with Crippen molar-refractivity contribution in [2.45, 2.75) is 19.4 Å². The van der Waals surface area contributed by atoms with E-state index in [1.54, 1.807) is 29.3 Å². The standard InChI is InChI=1S/C24H25N7O4/c1-16-15-30(23(33)17-6-3-2-4-7-17)11-12-31(16)24(34)21(32)18-14-27-22-20(18)19(8-10-26-22)35-13-5-9-28-29-25/h2-4,6-8,10,14,16H,5,9,11-13,15H2,1H3,(H,26,27)/t16-/m1/s1. The Hall–Kier alpha value is -4.37. The first-order valence-corrected chi connectivity index (χ1v) is 11.3. The Morgan fingerprint density at radius 1 is 1.23 bits per heavy atom. The van der Waals surface area contributed by atoms with Gasteiger partial charge in [0.25, 0.3) is 17.6 Å². The number of H-pyrrole nitrogens is 1. The lowest BCUT2D eigenvalue weighted by atomic mass is 10.1. The number of nitrogens with one attached hydrogen (secondary N) is 1. The van der Waals surface area contributed by atoms with Crippen LogP contribution >= 0.6 is 0 Å². The van der Waals surface area contributed by atoms with E-state index in [9.17, 15) is 14.4 Å². The van der Waals surface area contributed by atoms with Crippen molar-refractivity contribution in [3.05, 3.63) is 70.4 Å². The Morgan fingerprint density at radius 3 is 2.77 bits per heavy atom. The first-order valence-electron chi connectivity index (χ1n) is 11.3. The molecule has 3 heterocycles. The molecular weight excluding hydrogens is 450 g/mol. The quantitative estimate of drug-likeness (QED) is 0.133. The highest BCUT2D eigenvalue weighted by molar-refractivity contribution is 6.45. The fourth-order valence-corrected chi connectivity index (χ4v) is 4.14. The molecule has 35 heavy (non-hydrogen) atoms. The van der Waals surface area contributed by atoms with Gasteiger partial charge in [0, 0.05) is 55.1 Å². The number of piperazine rings is 1. The van der Waals surface area contributed by atoms with E-state index in [4.69, 9.17) is 10.3 Å². The molecule has 1 saturated heterocycles. The molecule has 0 aliphatic carbocycles. The highest BCUT2D eigenvalue weighted by Crippen LogP contribution is 2.28. The average Bonchev–Trinajstić information content (AvgIpc) is 3.33. The van der Waals surface area contributed by atoms with E-state index in [1.807, 2.05) is 25.1 Å². The van der Waals surface area contributed by atoms with Gasteiger partial charge in [-0.25, -0.2) is 4.98 Å². The van der Waals surface area contributed by atoms with Crippen molar-refractivity contribution >= 4 is 28.6 Å². The molecule has 1 aliphatic rings. The van der Waals surface area contributed by atoms with Gasteiger partial charge in [0.15, 0.2) is 0 Å². The van der Waals surface area contributed by atoms with Gasteiger partial charge in [-0.1, -0.05) is 23.3 Å². The molecule has 2 aromatic heterocycles. The molecule has 1 fully saturated rings. The fourth-order valence-electron chi connectivity index (χ4n) is 4.14. The third-order valence-electron chi connectivity index (χ3n) is 5.89. The molecule has 0 unspecified atom stereocenters. The van der Waals surface area contributed by atoms with E-state index in [1.165, 1.54) is 11.1 Å². The van der Waals surface area contributed by atoms with Crippen LogP contribution < -0.4 is 4.74 Å². The lowest BCUT2D eigenvalue weighted by Crippen LogP contribution is -2.56. The van der Waals surface area contributed by atoms with Gasteiger partial charge in [-0.05, 0) is 37.1 Å². The van der Waals surface area contributed by atoms with E-state index in [-0.39, 0.29) is 30.7 Å². The van der Waals surface area contributed by atoms with Gasteiger partial charge in [0.1, 0.15) is 11.4 Å². The minimum absolute atomic E-state index is 0.0965. The fraction of sp³-hybridized carbons (Fsp3) is 0.333. The maximum absolute atomic E-state index is 13.2. The van der Waals surface area contributed by atoms with Crippen LogP contribution in [0.3, 0.4) is 0 Å². The van der Waals surface area contributed by atoms with E-state index in [2.05, 4.69) is 20.0 Å². The Morgan fingerprint density at radius 2 is 2.03 bits per heavy atom. The summed E-state index contributed by atoms with van der Waals surface area (Å²) in [6.07, 6.45) is 3.51. The first-order chi connectivity index (χ1) is 17.0. The Balaban J connectivity index is 1.47. The van der Waals surface area contributed by atoms with Gasteiger partial charge in [0.05, 0.1) is 17.6 Å². The molecule has 11 heteroatoms. The summed E-state index contributed by atoms with van der Waals surface area (Å²) in [6, 6.07) is 10.3. The molecule has 0 saturated carbocycles. The second kappa shape index (κ2) is 10.7. The number of pyridine rings is 1. The van der Waals surface area contributed by atoms with Crippen molar-refractivity contribution in [1.29, 1.82) is 0 Å². The average molecular weight is 476 g/mol. The zero-order valence-corrected chi connectivity index (χ0v) is 19.3. The van der Waals surface area contributed by atoms with Crippen LogP contribution in [0.15, 0.2) is 53.9 Å². The summed E-state index contributed by atoms with van der Waals surface area (Å²) in [4.78, 5) is 52.3. The van der Waals surface area contributed by atoms with Crippen LogP contribution in [-0.2, 0) is 4.79 Å². The van der Waals surface area contributed by atoms with Gasteiger partial charge in [-0.15, -0.1) is 0 Å². The Bertz CT molecular complexity index is 1280. The number of azide groups is 1. The Labute approximate surface area is 201 Å². The number of aromatic amines is 1. The molecule has 180 valence electrons. The molecule has 2 amide bonds. The number of aromatic nitrogens is 2. The van der Waals surface area contributed by atoms with Crippen LogP contribution in [0.5, 0.6) is 5.75 Å². The van der Waals surface area contributed by atoms with Crippen LogP contribution in [0.25, 0.3) is 21.5 Å². The number of hydrogen-bond acceptors (Lipinski definition) is 6. The van der Waals surface area contributed by atoms with Crippen molar-refractivity contribution < 1.29 is 19.1 Å². The van der Waals surface area contributed by atoms with Crippen LogP contribution in [-0.4, -0.2) is 76.2 Å². The zero-order valence-electron chi connectivity index (χ0n) is 19.3. The minimum atomic E-state index is -0.669. The number of carbonyl (C=O) groups is 3. The van der Waals surface area contributed by atoms with Gasteiger partial charge >= 0.3 is 0 Å². The minimum Gasteiger partial charge on any atom is -0.493 e. The normalized spacial score (nSPS) is 15.5. The first kappa shape index (κ1) is 23.8. The molecule has 3 aromatic rings. The van der Waals surface area contributed by atoms with Crippen molar-refractivity contribution in [2.75, 3.05) is 32.8 Å². The number of fused-ring (bicyclic) bond motifs is 1. The molecule has 4 rings (SSSR count). The number of rotatable bonds is 8. The van der Waals surface area contributed by atoms with Crippen LogP contribution in [0.1, 0.15) is 34.1 Å². The largest absolute Gasteiger partial charge is 0.493 e. The second-order valence-electron chi connectivity index (χ2n) is 8.19. The topological polar surface area (TPSA) is 144 Å². The number of carbonyl (C=O) groups excluding carboxylic acids is 3. The van der Waals surface area contributed by atoms with E-state index in [0.29, 0.717) is 48.4 Å². The van der Waals surface area contributed by atoms with Gasteiger partial charge in [-0.3, -0.25) is 14.4 Å². The third-order valence-corrected chi connectivity index (χ3v) is 5.89. The summed E-state index contributed by atoms with van der Waals surface area (Å²) in [6.45, 7) is 3.32. The maximum atomic E-state index is 13.2. The molecule has 1 aromatic carbocycles. The molecule has 1 N–H and O–H groups in total. The number of benzene rings is 1. The summed E-state index contributed by atoms with van der Waals surface area (Å²) < 4.78 is 5.78.